The molecule has 0 aromatic heterocycles. The summed E-state index contributed by atoms with van der Waals surface area (Å²) in [6.45, 7) is 6.84. The van der Waals surface area contributed by atoms with Gasteiger partial charge in [-0.25, -0.2) is 4.79 Å². The molecule has 32 heavy (non-hydrogen) atoms. The Morgan fingerprint density at radius 1 is 1.19 bits per heavy atom. The molecule has 1 aromatic rings. The number of piperidine rings is 1. The molecule has 1 aromatic carbocycles. The number of nitrogens with zero attached hydrogens (tertiary/aromatic N) is 1. The summed E-state index contributed by atoms with van der Waals surface area (Å²) in [6, 6.07) is 4.45. The quantitative estimate of drug-likeness (QED) is 0.597. The van der Waals surface area contributed by atoms with E-state index in [9.17, 15) is 9.59 Å². The van der Waals surface area contributed by atoms with Gasteiger partial charge in [0.25, 0.3) is 0 Å². The van der Waals surface area contributed by atoms with Gasteiger partial charge in [-0.05, 0) is 60.3 Å². The Hall–Kier alpha value is -2.48. The van der Waals surface area contributed by atoms with Crippen LogP contribution in [0, 0.1) is 17.8 Å². The van der Waals surface area contributed by atoms with Crippen molar-refractivity contribution >= 4 is 12.1 Å². The zero-order chi connectivity index (χ0) is 23.3. The third-order valence-corrected chi connectivity index (χ3v) is 6.59. The maximum atomic E-state index is 12.1. The summed E-state index contributed by atoms with van der Waals surface area (Å²) >= 11 is 0. The number of amides is 1. The molecule has 3 unspecified atom stereocenters. The van der Waals surface area contributed by atoms with Gasteiger partial charge in [-0.15, -0.1) is 0 Å². The lowest BCUT2D eigenvalue weighted by Crippen LogP contribution is -2.47. The number of carbonyl (C=O) groups excluding carboxylic acids is 1. The molecule has 178 valence electrons. The van der Waals surface area contributed by atoms with Crippen LogP contribution in [0.15, 0.2) is 12.1 Å². The van der Waals surface area contributed by atoms with Crippen LogP contribution in [0.2, 0.25) is 0 Å². The monoisotopic (exact) mass is 448 g/mol. The predicted octanol–water partition coefficient (Wildman–Crippen LogP) is 3.49. The van der Waals surface area contributed by atoms with Crippen molar-refractivity contribution in [3.8, 4) is 11.5 Å². The highest BCUT2D eigenvalue weighted by Gasteiger charge is 2.40. The number of hydrogen-bond donors (Lipinski definition) is 2. The molecule has 0 aliphatic carbocycles. The molecule has 2 aliphatic heterocycles. The first-order valence-electron chi connectivity index (χ1n) is 11.4. The van der Waals surface area contributed by atoms with Gasteiger partial charge in [-0.2, -0.15) is 0 Å². The van der Waals surface area contributed by atoms with Crippen LogP contribution in [0.4, 0.5) is 4.79 Å². The average Bonchev–Trinajstić information content (AvgIpc) is 2.75. The number of carboxylic acids is 1. The van der Waals surface area contributed by atoms with Gasteiger partial charge in [0.05, 0.1) is 27.2 Å². The molecule has 0 spiro atoms. The molecule has 1 fully saturated rings. The van der Waals surface area contributed by atoms with Crippen molar-refractivity contribution in [2.75, 3.05) is 40.5 Å². The van der Waals surface area contributed by atoms with Gasteiger partial charge in [-0.1, -0.05) is 13.8 Å². The number of ether oxygens (including phenoxy) is 3. The maximum Gasteiger partial charge on any atom is 0.407 e. The van der Waals surface area contributed by atoms with Gasteiger partial charge in [0, 0.05) is 25.7 Å². The number of aliphatic carboxylic acids is 1. The van der Waals surface area contributed by atoms with E-state index in [0.29, 0.717) is 18.4 Å². The lowest BCUT2D eigenvalue weighted by atomic mass is 9.74. The molecule has 1 saturated heterocycles. The molecule has 0 saturated carbocycles. The normalized spacial score (nSPS) is 22.6. The summed E-state index contributed by atoms with van der Waals surface area (Å²) < 4.78 is 16.6. The van der Waals surface area contributed by atoms with Crippen molar-refractivity contribution in [3.63, 3.8) is 0 Å². The lowest BCUT2D eigenvalue weighted by molar-refractivity contribution is -0.136. The highest BCUT2D eigenvalue weighted by Crippen LogP contribution is 2.45. The Balaban J connectivity index is 1.73. The van der Waals surface area contributed by atoms with Crippen LogP contribution in [-0.4, -0.2) is 62.5 Å². The van der Waals surface area contributed by atoms with E-state index in [-0.39, 0.29) is 24.9 Å². The van der Waals surface area contributed by atoms with Crippen LogP contribution >= 0.6 is 0 Å². The molecule has 8 heteroatoms. The standard InChI is InChI=1S/C24H36N2O6/c1-15(2)9-17-13-26-8-6-16-11-21(30-3)22(31-4)12-19(16)20(26)10-18(17)14-32-24(29)25-7-5-23(27)28/h11-12,15,17-18,20H,5-10,13-14H2,1-4H3,(H,25,29)(H,27,28). The first kappa shape index (κ1) is 24.2. The molecule has 2 aliphatic rings. The number of fused-ring (bicyclic) bond motifs is 3. The van der Waals surface area contributed by atoms with Gasteiger partial charge >= 0.3 is 12.1 Å². The molecule has 8 nitrogen and oxygen atoms in total. The van der Waals surface area contributed by atoms with E-state index >= 15 is 0 Å². The molecule has 3 atom stereocenters. The van der Waals surface area contributed by atoms with E-state index in [1.807, 2.05) is 0 Å². The van der Waals surface area contributed by atoms with Crippen LogP contribution in [0.1, 0.15) is 50.3 Å². The highest BCUT2D eigenvalue weighted by molar-refractivity contribution is 5.70. The van der Waals surface area contributed by atoms with Crippen LogP contribution in [-0.2, 0) is 16.0 Å². The molecular weight excluding hydrogens is 412 g/mol. The Bertz CT molecular complexity index is 812. The first-order valence-corrected chi connectivity index (χ1v) is 11.4. The number of alkyl carbamates (subject to hydrolysis) is 1. The minimum absolute atomic E-state index is 0.0691. The molecule has 0 bridgehead atoms. The van der Waals surface area contributed by atoms with Gasteiger partial charge in [0.2, 0.25) is 0 Å². The lowest BCUT2D eigenvalue weighted by Gasteiger charge is -2.47. The molecule has 3 rings (SSSR count). The number of methoxy groups -OCH3 is 2. The largest absolute Gasteiger partial charge is 0.493 e. The highest BCUT2D eigenvalue weighted by atomic mass is 16.5. The smallest absolute Gasteiger partial charge is 0.407 e. The number of benzene rings is 1. The second kappa shape index (κ2) is 10.9. The van der Waals surface area contributed by atoms with Gasteiger partial charge in [0.15, 0.2) is 11.5 Å². The number of carboxylic acid groups (broad SMARTS) is 1. The molecule has 0 radical (unpaired) electrons. The SMILES string of the molecule is COc1cc2c(cc1OC)C1CC(COC(=O)NCCC(=O)O)C(CC(C)C)CN1CC2. The van der Waals surface area contributed by atoms with Crippen molar-refractivity contribution in [2.24, 2.45) is 17.8 Å². The minimum atomic E-state index is -0.947. The van der Waals surface area contributed by atoms with Gasteiger partial charge in [0.1, 0.15) is 0 Å². The van der Waals surface area contributed by atoms with Crippen molar-refractivity contribution in [3.05, 3.63) is 23.3 Å². The first-order chi connectivity index (χ1) is 15.3. The van der Waals surface area contributed by atoms with Crippen LogP contribution in [0.5, 0.6) is 11.5 Å². The van der Waals surface area contributed by atoms with Crippen molar-refractivity contribution in [1.29, 1.82) is 0 Å². The predicted molar refractivity (Wildman–Crippen MR) is 120 cm³/mol. The second-order valence-electron chi connectivity index (χ2n) is 9.22. The zero-order valence-electron chi connectivity index (χ0n) is 19.6. The van der Waals surface area contributed by atoms with Crippen LogP contribution in [0.3, 0.4) is 0 Å². The van der Waals surface area contributed by atoms with Gasteiger partial charge in [-0.3, -0.25) is 9.69 Å². The fourth-order valence-corrected chi connectivity index (χ4v) is 5.09. The van der Waals surface area contributed by atoms with E-state index in [2.05, 4.69) is 36.2 Å². The fraction of sp³-hybridized carbons (Fsp3) is 0.667. The summed E-state index contributed by atoms with van der Waals surface area (Å²) in [5, 5.41) is 11.3. The summed E-state index contributed by atoms with van der Waals surface area (Å²) in [5.74, 6) is 1.79. The summed E-state index contributed by atoms with van der Waals surface area (Å²) in [6.07, 6.45) is 2.30. The number of carbonyl (C=O) groups is 2. The summed E-state index contributed by atoms with van der Waals surface area (Å²) in [4.78, 5) is 25.3. The Kier molecular flexibility index (Phi) is 8.23. The summed E-state index contributed by atoms with van der Waals surface area (Å²) in [7, 11) is 3.31. The molecule has 2 heterocycles. The molecule has 1 amide bonds. The number of nitrogens with one attached hydrogen (secondary N) is 1. The third kappa shape index (κ3) is 5.85. The maximum absolute atomic E-state index is 12.1. The van der Waals surface area contributed by atoms with E-state index < -0.39 is 12.1 Å². The van der Waals surface area contributed by atoms with Crippen molar-refractivity contribution in [2.45, 2.75) is 45.6 Å². The summed E-state index contributed by atoms with van der Waals surface area (Å²) in [5.41, 5.74) is 2.56. The number of hydrogen-bond acceptors (Lipinski definition) is 6. The van der Waals surface area contributed by atoms with Crippen molar-refractivity contribution < 1.29 is 28.9 Å². The van der Waals surface area contributed by atoms with Crippen LogP contribution < -0.4 is 14.8 Å². The van der Waals surface area contributed by atoms with Gasteiger partial charge < -0.3 is 24.6 Å². The fourth-order valence-electron chi connectivity index (χ4n) is 5.09. The van der Waals surface area contributed by atoms with Crippen molar-refractivity contribution in [1.82, 2.24) is 10.2 Å². The second-order valence-corrected chi connectivity index (χ2v) is 9.22. The van der Waals surface area contributed by atoms with Crippen LogP contribution in [0.25, 0.3) is 0 Å². The van der Waals surface area contributed by atoms with E-state index in [0.717, 1.165) is 43.9 Å². The topological polar surface area (TPSA) is 97.3 Å². The number of rotatable bonds is 9. The average molecular weight is 449 g/mol. The Morgan fingerprint density at radius 3 is 2.56 bits per heavy atom. The molecule has 2 N–H and O–H groups in total. The van der Waals surface area contributed by atoms with E-state index in [1.165, 1.54) is 11.1 Å². The minimum Gasteiger partial charge on any atom is -0.493 e. The van der Waals surface area contributed by atoms with E-state index in [1.54, 1.807) is 14.2 Å². The third-order valence-electron chi connectivity index (χ3n) is 6.59. The zero-order valence-corrected chi connectivity index (χ0v) is 19.6. The van der Waals surface area contributed by atoms with E-state index in [4.69, 9.17) is 19.3 Å². The Morgan fingerprint density at radius 2 is 1.91 bits per heavy atom. The molecular formula is C24H36N2O6. The Labute approximate surface area is 190 Å².